The van der Waals surface area contributed by atoms with Crippen LogP contribution in [0.15, 0.2) is 0 Å². The zero-order chi connectivity index (χ0) is 6.69. The molecule has 0 unspecified atom stereocenters. The SMILES string of the molecule is CC[C@H]1CC[C@@H](CO)C1. The van der Waals surface area contributed by atoms with Crippen LogP contribution in [0.4, 0.5) is 0 Å². The Morgan fingerprint density at radius 2 is 2.00 bits per heavy atom. The lowest BCUT2D eigenvalue weighted by Crippen LogP contribution is -2.00. The maximum atomic E-state index is 8.78. The Labute approximate surface area is 57.1 Å². The third kappa shape index (κ3) is 1.68. The summed E-state index contributed by atoms with van der Waals surface area (Å²) in [5.74, 6) is 1.55. The van der Waals surface area contributed by atoms with Crippen molar-refractivity contribution >= 4 is 0 Å². The van der Waals surface area contributed by atoms with Gasteiger partial charge in [-0.05, 0) is 24.7 Å². The topological polar surface area (TPSA) is 20.2 Å². The largest absolute Gasteiger partial charge is 0.396 e. The van der Waals surface area contributed by atoms with Crippen molar-refractivity contribution in [2.45, 2.75) is 32.6 Å². The second kappa shape index (κ2) is 3.21. The van der Waals surface area contributed by atoms with Gasteiger partial charge in [0.05, 0.1) is 0 Å². The van der Waals surface area contributed by atoms with Crippen LogP contribution in [0.25, 0.3) is 0 Å². The highest BCUT2D eigenvalue weighted by molar-refractivity contribution is 4.73. The van der Waals surface area contributed by atoms with Gasteiger partial charge in [-0.1, -0.05) is 19.8 Å². The average Bonchev–Trinajstić information content (AvgIpc) is 2.34. The van der Waals surface area contributed by atoms with Gasteiger partial charge in [0.1, 0.15) is 0 Å². The highest BCUT2D eigenvalue weighted by Crippen LogP contribution is 2.32. The van der Waals surface area contributed by atoms with Crippen molar-refractivity contribution in [1.82, 2.24) is 0 Å². The lowest BCUT2D eigenvalue weighted by molar-refractivity contribution is 0.226. The minimum atomic E-state index is 0.413. The predicted molar refractivity (Wildman–Crippen MR) is 38.2 cm³/mol. The van der Waals surface area contributed by atoms with Gasteiger partial charge in [0.2, 0.25) is 0 Å². The second-order valence-corrected chi connectivity index (χ2v) is 3.14. The van der Waals surface area contributed by atoms with E-state index in [9.17, 15) is 0 Å². The van der Waals surface area contributed by atoms with Crippen LogP contribution in [0.5, 0.6) is 0 Å². The van der Waals surface area contributed by atoms with E-state index in [1.165, 1.54) is 25.7 Å². The molecule has 1 nitrogen and oxygen atoms in total. The molecule has 0 aromatic carbocycles. The van der Waals surface area contributed by atoms with Gasteiger partial charge >= 0.3 is 0 Å². The van der Waals surface area contributed by atoms with Gasteiger partial charge < -0.3 is 5.11 Å². The zero-order valence-corrected chi connectivity index (χ0v) is 6.14. The lowest BCUT2D eigenvalue weighted by Gasteiger charge is -2.04. The molecule has 0 heterocycles. The Bertz CT molecular complexity index is 70.6. The van der Waals surface area contributed by atoms with Crippen LogP contribution in [-0.2, 0) is 0 Å². The molecule has 0 bridgehead atoms. The number of rotatable bonds is 2. The summed E-state index contributed by atoms with van der Waals surface area (Å²) in [6.45, 7) is 2.65. The third-order valence-electron chi connectivity index (χ3n) is 2.49. The molecule has 0 saturated heterocycles. The minimum Gasteiger partial charge on any atom is -0.396 e. The van der Waals surface area contributed by atoms with Crippen molar-refractivity contribution < 1.29 is 5.11 Å². The molecule has 9 heavy (non-hydrogen) atoms. The number of hydrogen-bond donors (Lipinski definition) is 1. The Balaban J connectivity index is 2.20. The number of aliphatic hydroxyl groups is 1. The van der Waals surface area contributed by atoms with E-state index in [0.29, 0.717) is 12.5 Å². The Morgan fingerprint density at radius 3 is 2.33 bits per heavy atom. The summed E-state index contributed by atoms with van der Waals surface area (Å²) < 4.78 is 0. The summed E-state index contributed by atoms with van der Waals surface area (Å²) in [5.41, 5.74) is 0. The fourth-order valence-electron chi connectivity index (χ4n) is 1.72. The van der Waals surface area contributed by atoms with Crippen LogP contribution >= 0.6 is 0 Å². The fourth-order valence-corrected chi connectivity index (χ4v) is 1.72. The van der Waals surface area contributed by atoms with E-state index in [1.54, 1.807) is 0 Å². The van der Waals surface area contributed by atoms with E-state index in [1.807, 2.05) is 0 Å². The third-order valence-corrected chi connectivity index (χ3v) is 2.49. The van der Waals surface area contributed by atoms with Crippen molar-refractivity contribution in [3.8, 4) is 0 Å². The first-order chi connectivity index (χ1) is 4.36. The molecule has 1 aliphatic rings. The van der Waals surface area contributed by atoms with E-state index in [0.717, 1.165) is 5.92 Å². The molecule has 0 aromatic rings. The quantitative estimate of drug-likeness (QED) is 0.601. The summed E-state index contributed by atoms with van der Waals surface area (Å²) in [4.78, 5) is 0. The number of aliphatic hydroxyl groups excluding tert-OH is 1. The van der Waals surface area contributed by atoms with E-state index in [2.05, 4.69) is 6.92 Å². The van der Waals surface area contributed by atoms with Gasteiger partial charge in [0.25, 0.3) is 0 Å². The van der Waals surface area contributed by atoms with Crippen LogP contribution in [0.2, 0.25) is 0 Å². The van der Waals surface area contributed by atoms with Crippen LogP contribution in [0.3, 0.4) is 0 Å². The summed E-state index contributed by atoms with van der Waals surface area (Å²) in [5, 5.41) is 8.78. The minimum absolute atomic E-state index is 0.413. The zero-order valence-electron chi connectivity index (χ0n) is 6.14. The molecule has 0 aromatic heterocycles. The maximum Gasteiger partial charge on any atom is 0.0459 e. The van der Waals surface area contributed by atoms with Gasteiger partial charge in [0, 0.05) is 6.61 Å². The standard InChI is InChI=1S/C8H16O/c1-2-7-3-4-8(5-7)6-9/h7-9H,2-6H2,1H3/t7-,8+/m0/s1. The van der Waals surface area contributed by atoms with E-state index in [4.69, 9.17) is 5.11 Å². The van der Waals surface area contributed by atoms with Crippen LogP contribution in [0.1, 0.15) is 32.6 Å². The molecule has 1 aliphatic carbocycles. The van der Waals surface area contributed by atoms with Crippen molar-refractivity contribution in [1.29, 1.82) is 0 Å². The molecule has 1 N–H and O–H groups in total. The highest BCUT2D eigenvalue weighted by Gasteiger charge is 2.21. The Kier molecular flexibility index (Phi) is 2.52. The predicted octanol–water partition coefficient (Wildman–Crippen LogP) is 1.80. The van der Waals surface area contributed by atoms with Crippen molar-refractivity contribution in [3.05, 3.63) is 0 Å². The second-order valence-electron chi connectivity index (χ2n) is 3.14. The molecule has 1 fully saturated rings. The molecule has 0 amide bonds. The smallest absolute Gasteiger partial charge is 0.0459 e. The average molecular weight is 128 g/mol. The number of hydrogen-bond acceptors (Lipinski definition) is 1. The van der Waals surface area contributed by atoms with Crippen molar-refractivity contribution in [2.24, 2.45) is 11.8 Å². The highest BCUT2D eigenvalue weighted by atomic mass is 16.3. The first-order valence-corrected chi connectivity index (χ1v) is 3.97. The van der Waals surface area contributed by atoms with E-state index < -0.39 is 0 Å². The molecule has 0 radical (unpaired) electrons. The Morgan fingerprint density at radius 1 is 1.33 bits per heavy atom. The molecule has 2 atom stereocenters. The molecule has 54 valence electrons. The molecule has 1 rings (SSSR count). The summed E-state index contributed by atoms with van der Waals surface area (Å²) in [6, 6.07) is 0. The van der Waals surface area contributed by atoms with Gasteiger partial charge in [0.15, 0.2) is 0 Å². The van der Waals surface area contributed by atoms with Gasteiger partial charge in [-0.2, -0.15) is 0 Å². The summed E-state index contributed by atoms with van der Waals surface area (Å²) in [7, 11) is 0. The van der Waals surface area contributed by atoms with Crippen molar-refractivity contribution in [2.75, 3.05) is 6.61 Å². The first-order valence-electron chi connectivity index (χ1n) is 3.97. The molecule has 1 saturated carbocycles. The first kappa shape index (κ1) is 7.07. The molecule has 0 aliphatic heterocycles. The molecular weight excluding hydrogens is 112 g/mol. The van der Waals surface area contributed by atoms with Crippen LogP contribution in [-0.4, -0.2) is 11.7 Å². The monoisotopic (exact) mass is 128 g/mol. The Hall–Kier alpha value is -0.0400. The van der Waals surface area contributed by atoms with E-state index >= 15 is 0 Å². The van der Waals surface area contributed by atoms with Gasteiger partial charge in [-0.3, -0.25) is 0 Å². The molecular formula is C8H16O. The summed E-state index contributed by atoms with van der Waals surface area (Å²) >= 11 is 0. The van der Waals surface area contributed by atoms with E-state index in [-0.39, 0.29) is 0 Å². The van der Waals surface area contributed by atoms with Crippen LogP contribution in [0, 0.1) is 11.8 Å². The van der Waals surface area contributed by atoms with Crippen molar-refractivity contribution in [3.63, 3.8) is 0 Å². The lowest BCUT2D eigenvalue weighted by atomic mass is 10.0. The molecule has 1 heteroatoms. The summed E-state index contributed by atoms with van der Waals surface area (Å²) in [6.07, 6.45) is 5.18. The molecule has 0 spiro atoms. The van der Waals surface area contributed by atoms with Crippen LogP contribution < -0.4 is 0 Å². The normalized spacial score (nSPS) is 35.3. The van der Waals surface area contributed by atoms with Gasteiger partial charge in [-0.25, -0.2) is 0 Å². The van der Waals surface area contributed by atoms with Gasteiger partial charge in [-0.15, -0.1) is 0 Å². The maximum absolute atomic E-state index is 8.78. The fraction of sp³-hybridized carbons (Fsp3) is 1.00.